The van der Waals surface area contributed by atoms with Crippen molar-refractivity contribution in [2.45, 2.75) is 104 Å². The van der Waals surface area contributed by atoms with Crippen molar-refractivity contribution in [1.29, 1.82) is 10.8 Å². The molecule has 0 unspecified atom stereocenters. The van der Waals surface area contributed by atoms with Crippen LogP contribution in [0, 0.1) is 10.8 Å². The van der Waals surface area contributed by atoms with Crippen LogP contribution in [0.3, 0.4) is 0 Å². The normalized spacial score (nSPS) is 10.5. The standard InChI is InChI=1S/C34H41ClN6O5.C34H42N6O5/c1-4-26(42)10-8-6-5-7-9-19-37-31(43)22-46-27-16-17-29(28(20-27)34(45)40-30-18-15-25(35)21-38-30)39-33(44)24-13-11-23(12-14-24)32(36)41(2)3;1-4-26(41)12-8-6-5-7-10-21-37-31(42)23-45-27-18-19-29(28(22-27)34(44)39-30-13-9-11-20-36-30)38-33(43)25-16-14-24(15-17-25)32(35)40(2)3/h11-18,20-21,36H,4-10,19,22H2,1-3H3,(H,37,43)(H,39,44)(H,38,40,45);9,11,13-20,22,35H,4-8,10,12,21,23H2,1-3H3,(H,37,42)(H,38,43)(H,36,39,44). The lowest BCUT2D eigenvalue weighted by molar-refractivity contribution is -0.123. The van der Waals surface area contributed by atoms with Crippen LogP contribution in [0.2, 0.25) is 5.02 Å². The van der Waals surface area contributed by atoms with Gasteiger partial charge < -0.3 is 51.2 Å². The van der Waals surface area contributed by atoms with Gasteiger partial charge in [0.1, 0.15) is 46.4 Å². The number of hydrogen-bond acceptors (Lipinski definition) is 14. The molecule has 6 rings (SSSR count). The van der Waals surface area contributed by atoms with E-state index in [1.807, 2.05) is 13.8 Å². The third-order valence-corrected chi connectivity index (χ3v) is 14.2. The van der Waals surface area contributed by atoms with E-state index in [-0.39, 0.29) is 64.8 Å². The number of amidine groups is 2. The molecule has 0 spiro atoms. The number of aromatic nitrogens is 2. The zero-order valence-electron chi connectivity index (χ0n) is 52.6. The number of ether oxygens (including phenoxy) is 2. The molecule has 6 aromatic rings. The van der Waals surface area contributed by atoms with Gasteiger partial charge in [0.25, 0.3) is 35.4 Å². The highest BCUT2D eigenvalue weighted by atomic mass is 35.5. The maximum absolute atomic E-state index is 13.3. The average molecular weight is 1260 g/mol. The third-order valence-electron chi connectivity index (χ3n) is 14.0. The van der Waals surface area contributed by atoms with Gasteiger partial charge in [-0.15, -0.1) is 0 Å². The van der Waals surface area contributed by atoms with Crippen LogP contribution >= 0.6 is 11.6 Å². The summed E-state index contributed by atoms with van der Waals surface area (Å²) in [7, 11) is 7.06. The highest BCUT2D eigenvalue weighted by molar-refractivity contribution is 6.30. The fourth-order valence-electron chi connectivity index (χ4n) is 8.70. The molecule has 0 bridgehead atoms. The lowest BCUT2D eigenvalue weighted by Gasteiger charge is -2.15. The Morgan fingerprint density at radius 3 is 1.25 bits per heavy atom. The van der Waals surface area contributed by atoms with E-state index in [1.165, 1.54) is 24.4 Å². The number of ketones is 2. The predicted octanol–water partition coefficient (Wildman–Crippen LogP) is 11.2. The van der Waals surface area contributed by atoms with Crippen molar-refractivity contribution in [3.63, 3.8) is 0 Å². The summed E-state index contributed by atoms with van der Waals surface area (Å²) in [5, 5.41) is 33.2. The number of carbonyl (C=O) groups excluding carboxylic acids is 8. The van der Waals surface area contributed by atoms with E-state index in [1.54, 1.807) is 141 Å². The molecule has 0 aliphatic rings. The molecule has 4 aromatic carbocycles. The molecule has 0 atom stereocenters. The van der Waals surface area contributed by atoms with E-state index in [0.717, 1.165) is 64.2 Å². The number of hydrogen-bond donors (Lipinski definition) is 8. The molecular formula is C68H83ClN12O10. The summed E-state index contributed by atoms with van der Waals surface area (Å²) in [6.07, 6.45) is 14.8. The van der Waals surface area contributed by atoms with E-state index < -0.39 is 23.6 Å². The number of nitrogens with one attached hydrogen (secondary N) is 8. The van der Waals surface area contributed by atoms with Crippen molar-refractivity contribution < 1.29 is 47.8 Å². The van der Waals surface area contributed by atoms with Crippen LogP contribution in [0.15, 0.2) is 128 Å². The minimum Gasteiger partial charge on any atom is -0.484 e. The van der Waals surface area contributed by atoms with Crippen molar-refractivity contribution >= 4 is 93.3 Å². The number of rotatable bonds is 34. The molecule has 0 saturated heterocycles. The Balaban J connectivity index is 0.000000331. The Hall–Kier alpha value is -9.83. The van der Waals surface area contributed by atoms with Crippen LogP contribution in [0.25, 0.3) is 0 Å². The molecule has 0 saturated carbocycles. The molecule has 0 radical (unpaired) electrons. The first-order valence-electron chi connectivity index (χ1n) is 30.4. The zero-order chi connectivity index (χ0) is 66.1. The molecule has 8 N–H and O–H groups in total. The van der Waals surface area contributed by atoms with Gasteiger partial charge in [0.05, 0.1) is 27.5 Å². The Bertz CT molecular complexity index is 3420. The van der Waals surface area contributed by atoms with Gasteiger partial charge in [-0.1, -0.05) is 94.3 Å². The Kier molecular flexibility index (Phi) is 30.5. The van der Waals surface area contributed by atoms with Crippen molar-refractivity contribution in [3.8, 4) is 11.5 Å². The number of carbonyl (C=O) groups is 8. The van der Waals surface area contributed by atoms with Crippen LogP contribution in [0.5, 0.6) is 11.5 Å². The van der Waals surface area contributed by atoms with Crippen LogP contribution in [0.1, 0.15) is 156 Å². The van der Waals surface area contributed by atoms with Gasteiger partial charge in [0, 0.05) is 102 Å². The topological polar surface area (TPSA) is 307 Å². The molecule has 23 heteroatoms. The van der Waals surface area contributed by atoms with E-state index in [0.29, 0.717) is 95.1 Å². The number of nitrogens with zero attached hydrogens (tertiary/aromatic N) is 4. The average Bonchev–Trinajstić information content (AvgIpc) is 1.07. The second-order valence-electron chi connectivity index (χ2n) is 21.5. The van der Waals surface area contributed by atoms with E-state index in [4.69, 9.17) is 31.9 Å². The summed E-state index contributed by atoms with van der Waals surface area (Å²) < 4.78 is 11.3. The molecule has 0 aliphatic carbocycles. The quantitative estimate of drug-likeness (QED) is 0.0106. The Labute approximate surface area is 537 Å². The zero-order valence-corrected chi connectivity index (χ0v) is 53.4. The maximum Gasteiger partial charge on any atom is 0.259 e. The fourth-order valence-corrected chi connectivity index (χ4v) is 8.81. The monoisotopic (exact) mass is 1260 g/mol. The van der Waals surface area contributed by atoms with Crippen molar-refractivity contribution in [1.82, 2.24) is 30.4 Å². The fraction of sp³-hybridized carbons (Fsp3) is 0.353. The van der Waals surface area contributed by atoms with Crippen molar-refractivity contribution in [2.24, 2.45) is 0 Å². The van der Waals surface area contributed by atoms with Gasteiger partial charge in [-0.2, -0.15) is 0 Å². The number of pyridine rings is 2. The largest absolute Gasteiger partial charge is 0.484 e. The van der Waals surface area contributed by atoms with Gasteiger partial charge in [0.15, 0.2) is 13.2 Å². The summed E-state index contributed by atoms with van der Waals surface area (Å²) in [5.74, 6) is -0.221. The SMILES string of the molecule is CCC(=O)CCCCCCCNC(=O)COc1ccc(NC(=O)c2ccc(C(=N)N(C)C)cc2)c(C(=O)Nc2ccc(Cl)cn2)c1.CCC(=O)CCCCCCCNC(=O)COc1ccc(NC(=O)c2ccc(C(=N)N(C)C)cc2)c(C(=O)Nc2ccccn2)c1. The molecule has 22 nitrogen and oxygen atoms in total. The highest BCUT2D eigenvalue weighted by Crippen LogP contribution is 2.27. The second kappa shape index (κ2) is 38.6. The number of benzene rings is 4. The molecule has 6 amide bonds. The summed E-state index contributed by atoms with van der Waals surface area (Å²) in [5.41, 5.74) is 2.68. The van der Waals surface area contributed by atoms with Gasteiger partial charge >= 0.3 is 0 Å². The second-order valence-corrected chi connectivity index (χ2v) is 22.0. The van der Waals surface area contributed by atoms with Crippen LogP contribution in [0.4, 0.5) is 23.0 Å². The Morgan fingerprint density at radius 1 is 0.462 bits per heavy atom. The van der Waals surface area contributed by atoms with Crippen LogP contribution < -0.4 is 41.4 Å². The summed E-state index contributed by atoms with van der Waals surface area (Å²) >= 11 is 5.91. The number of Topliss-reactive ketones (excluding diaryl/α,β-unsaturated/α-hetero) is 2. The smallest absolute Gasteiger partial charge is 0.259 e. The number of amides is 6. The Morgan fingerprint density at radius 2 is 0.868 bits per heavy atom. The minimum atomic E-state index is -0.561. The van der Waals surface area contributed by atoms with E-state index in [2.05, 4.69) is 41.9 Å². The number of unbranched alkanes of at least 4 members (excludes halogenated alkanes) is 8. The van der Waals surface area contributed by atoms with Crippen molar-refractivity contribution in [2.75, 3.05) is 75.8 Å². The summed E-state index contributed by atoms with van der Waals surface area (Å²) in [6, 6.07) is 30.5. The third kappa shape index (κ3) is 25.7. The minimum absolute atomic E-state index is 0.0923. The van der Waals surface area contributed by atoms with E-state index >= 15 is 0 Å². The number of halogens is 1. The van der Waals surface area contributed by atoms with Gasteiger partial charge in [-0.3, -0.25) is 49.2 Å². The summed E-state index contributed by atoms with van der Waals surface area (Å²) in [4.78, 5) is 112. The van der Waals surface area contributed by atoms with E-state index in [9.17, 15) is 38.4 Å². The lowest BCUT2D eigenvalue weighted by atomic mass is 10.1. The molecule has 482 valence electrons. The lowest BCUT2D eigenvalue weighted by Crippen LogP contribution is -2.29. The molecule has 91 heavy (non-hydrogen) atoms. The first-order chi connectivity index (χ1) is 43.7. The van der Waals surface area contributed by atoms with Crippen LogP contribution in [-0.4, -0.2) is 133 Å². The van der Waals surface area contributed by atoms with Crippen LogP contribution in [-0.2, 0) is 19.2 Å². The van der Waals surface area contributed by atoms with Gasteiger partial charge in [-0.25, -0.2) is 9.97 Å². The molecule has 0 aliphatic heterocycles. The molecule has 0 fully saturated rings. The molecule has 2 aromatic heterocycles. The van der Waals surface area contributed by atoms with Gasteiger partial charge in [0.2, 0.25) is 0 Å². The highest BCUT2D eigenvalue weighted by Gasteiger charge is 2.20. The number of anilines is 4. The van der Waals surface area contributed by atoms with Gasteiger partial charge in [-0.05, 0) is 111 Å². The maximum atomic E-state index is 13.3. The molecular weight excluding hydrogens is 1180 g/mol. The molecule has 2 heterocycles. The van der Waals surface area contributed by atoms with Crippen molar-refractivity contribution in [3.05, 3.63) is 166 Å². The predicted molar refractivity (Wildman–Crippen MR) is 355 cm³/mol. The summed E-state index contributed by atoms with van der Waals surface area (Å²) in [6.45, 7) is 4.31. The first-order valence-corrected chi connectivity index (χ1v) is 30.7. The first kappa shape index (κ1) is 71.9.